The van der Waals surface area contributed by atoms with E-state index in [1.54, 1.807) is 26.2 Å². The van der Waals surface area contributed by atoms with Crippen molar-refractivity contribution in [2.45, 2.75) is 46.3 Å². The van der Waals surface area contributed by atoms with Crippen LogP contribution in [0.2, 0.25) is 30.8 Å². The fourth-order valence-electron chi connectivity index (χ4n) is 3.27. The van der Waals surface area contributed by atoms with Crippen molar-refractivity contribution in [3.05, 3.63) is 53.9 Å². The Bertz CT molecular complexity index is 1120. The Labute approximate surface area is 213 Å². The highest BCUT2D eigenvalue weighted by Gasteiger charge is 2.29. The molecule has 0 spiro atoms. The summed E-state index contributed by atoms with van der Waals surface area (Å²) in [6, 6.07) is 12.6. The number of hydrogen-bond acceptors (Lipinski definition) is 6. The van der Waals surface area contributed by atoms with Gasteiger partial charge in [0.2, 0.25) is 0 Å². The van der Waals surface area contributed by atoms with Gasteiger partial charge in [0.05, 0.1) is 18.2 Å². The zero-order valence-corrected chi connectivity index (χ0v) is 23.1. The van der Waals surface area contributed by atoms with Gasteiger partial charge in [-0.05, 0) is 56.3 Å². The van der Waals surface area contributed by atoms with Gasteiger partial charge in [-0.3, -0.25) is 9.78 Å². The SMILES string of the molecule is COC(=O)C(C)(C)COc1ccc(-c2ccc(-c3nc(Cl)cn3COCC[Si](C)(C)C)cn2)cc1. The first-order valence-electron chi connectivity index (χ1n) is 11.6. The molecule has 0 saturated carbocycles. The number of esters is 1. The monoisotopic (exact) mass is 515 g/mol. The lowest BCUT2D eigenvalue weighted by atomic mass is 9.95. The van der Waals surface area contributed by atoms with Gasteiger partial charge in [0.1, 0.15) is 30.1 Å². The van der Waals surface area contributed by atoms with Crippen LogP contribution in [0.3, 0.4) is 0 Å². The molecular weight excluding hydrogens is 482 g/mol. The van der Waals surface area contributed by atoms with E-state index < -0.39 is 13.5 Å². The number of methoxy groups -OCH3 is 1. The molecule has 9 heteroatoms. The number of nitrogens with zero attached hydrogens (tertiary/aromatic N) is 3. The molecule has 7 nitrogen and oxygen atoms in total. The van der Waals surface area contributed by atoms with Gasteiger partial charge in [0.15, 0.2) is 0 Å². The first-order valence-corrected chi connectivity index (χ1v) is 15.7. The van der Waals surface area contributed by atoms with E-state index in [0.29, 0.717) is 17.6 Å². The molecule has 0 aliphatic rings. The van der Waals surface area contributed by atoms with Gasteiger partial charge in [-0.2, -0.15) is 0 Å². The topological polar surface area (TPSA) is 75.5 Å². The predicted octanol–water partition coefficient (Wildman–Crippen LogP) is 6.16. The molecule has 3 aromatic rings. The second-order valence-corrected chi connectivity index (χ2v) is 16.3. The Hall–Kier alpha value is -2.68. The fourth-order valence-corrected chi connectivity index (χ4v) is 4.23. The number of pyridine rings is 1. The third kappa shape index (κ3) is 7.65. The maximum Gasteiger partial charge on any atom is 0.314 e. The lowest BCUT2D eigenvalue weighted by Crippen LogP contribution is -2.32. The van der Waals surface area contributed by atoms with E-state index in [9.17, 15) is 4.79 Å². The molecule has 0 amide bonds. The summed E-state index contributed by atoms with van der Waals surface area (Å²) < 4.78 is 18.4. The van der Waals surface area contributed by atoms with E-state index in [0.717, 1.165) is 35.3 Å². The Morgan fingerprint density at radius 1 is 1.09 bits per heavy atom. The van der Waals surface area contributed by atoms with Crippen molar-refractivity contribution in [3.8, 4) is 28.4 Å². The van der Waals surface area contributed by atoms with Crippen molar-refractivity contribution in [1.29, 1.82) is 0 Å². The number of carbonyl (C=O) groups excluding carboxylic acids is 1. The molecule has 35 heavy (non-hydrogen) atoms. The summed E-state index contributed by atoms with van der Waals surface area (Å²) >= 11 is 6.18. The van der Waals surface area contributed by atoms with Gasteiger partial charge >= 0.3 is 5.97 Å². The lowest BCUT2D eigenvalue weighted by molar-refractivity contribution is -0.152. The van der Waals surface area contributed by atoms with Gasteiger partial charge in [0.25, 0.3) is 0 Å². The zero-order valence-electron chi connectivity index (χ0n) is 21.3. The van der Waals surface area contributed by atoms with Crippen LogP contribution in [0.15, 0.2) is 48.8 Å². The lowest BCUT2D eigenvalue weighted by Gasteiger charge is -2.21. The average molecular weight is 516 g/mol. The number of ether oxygens (including phenoxy) is 3. The number of rotatable bonds is 11. The van der Waals surface area contributed by atoms with Crippen LogP contribution in [-0.2, 0) is 21.0 Å². The maximum absolute atomic E-state index is 11.8. The minimum Gasteiger partial charge on any atom is -0.492 e. The van der Waals surface area contributed by atoms with Crippen molar-refractivity contribution in [2.24, 2.45) is 5.41 Å². The molecule has 2 heterocycles. The van der Waals surface area contributed by atoms with Gasteiger partial charge < -0.3 is 18.8 Å². The van der Waals surface area contributed by atoms with Crippen molar-refractivity contribution in [2.75, 3.05) is 20.3 Å². The summed E-state index contributed by atoms with van der Waals surface area (Å²) in [4.78, 5) is 20.9. The minimum absolute atomic E-state index is 0.225. The summed E-state index contributed by atoms with van der Waals surface area (Å²) in [6.07, 6.45) is 3.56. The molecule has 0 saturated heterocycles. The number of aromatic nitrogens is 3. The first-order chi connectivity index (χ1) is 16.5. The molecule has 1 aromatic carbocycles. The number of carbonyl (C=O) groups is 1. The van der Waals surface area contributed by atoms with Crippen molar-refractivity contribution in [3.63, 3.8) is 0 Å². The number of halogens is 1. The Balaban J connectivity index is 1.65. The summed E-state index contributed by atoms with van der Waals surface area (Å²) in [5.41, 5.74) is 1.91. The normalized spacial score (nSPS) is 12.0. The smallest absolute Gasteiger partial charge is 0.314 e. The molecular formula is C26H34ClN3O4Si. The second-order valence-electron chi connectivity index (χ2n) is 10.3. The van der Waals surface area contributed by atoms with E-state index >= 15 is 0 Å². The molecule has 0 aliphatic carbocycles. The standard InChI is InChI=1S/C26H34ClN3O4Si/c1-26(2,25(31)32-3)17-34-21-10-7-19(8-11-21)22-12-9-20(15-28-22)24-29-23(27)16-30(24)18-33-13-14-35(4,5)6/h7-12,15-16H,13-14,17-18H2,1-6H3. The quantitative estimate of drug-likeness (QED) is 0.173. The van der Waals surface area contributed by atoms with E-state index in [-0.39, 0.29) is 12.6 Å². The van der Waals surface area contributed by atoms with Crippen molar-refractivity contribution >= 4 is 25.6 Å². The Morgan fingerprint density at radius 3 is 2.37 bits per heavy atom. The van der Waals surface area contributed by atoms with E-state index in [1.807, 2.05) is 41.0 Å². The average Bonchev–Trinajstić information content (AvgIpc) is 3.20. The third-order valence-corrected chi connectivity index (χ3v) is 7.37. The third-order valence-electron chi connectivity index (χ3n) is 5.48. The largest absolute Gasteiger partial charge is 0.492 e. The van der Waals surface area contributed by atoms with Crippen LogP contribution in [0, 0.1) is 5.41 Å². The van der Waals surface area contributed by atoms with Gasteiger partial charge in [-0.25, -0.2) is 4.98 Å². The summed E-state index contributed by atoms with van der Waals surface area (Å²) in [6.45, 7) is 11.9. The molecule has 0 aliphatic heterocycles. The molecule has 0 N–H and O–H groups in total. The van der Waals surface area contributed by atoms with Crippen molar-refractivity contribution < 1.29 is 19.0 Å². The predicted molar refractivity (Wildman–Crippen MR) is 141 cm³/mol. The zero-order chi connectivity index (χ0) is 25.6. The Morgan fingerprint density at radius 2 is 1.77 bits per heavy atom. The van der Waals surface area contributed by atoms with Crippen LogP contribution in [0.25, 0.3) is 22.6 Å². The van der Waals surface area contributed by atoms with Gasteiger partial charge in [0, 0.05) is 38.2 Å². The number of imidazole rings is 1. The van der Waals surface area contributed by atoms with E-state index in [4.69, 9.17) is 25.8 Å². The first kappa shape index (κ1) is 26.9. The highest BCUT2D eigenvalue weighted by molar-refractivity contribution is 6.76. The van der Waals surface area contributed by atoms with E-state index in [2.05, 4.69) is 29.6 Å². The number of benzene rings is 1. The second kappa shape index (κ2) is 11.4. The van der Waals surface area contributed by atoms with Crippen LogP contribution in [0.5, 0.6) is 5.75 Å². The fraction of sp³-hybridized carbons (Fsp3) is 0.423. The van der Waals surface area contributed by atoms with Crippen LogP contribution in [-0.4, -0.2) is 48.9 Å². The highest BCUT2D eigenvalue weighted by Crippen LogP contribution is 2.26. The molecule has 3 rings (SSSR count). The van der Waals surface area contributed by atoms with Crippen molar-refractivity contribution in [1.82, 2.24) is 14.5 Å². The molecule has 0 bridgehead atoms. The minimum atomic E-state index is -1.14. The molecule has 188 valence electrons. The highest BCUT2D eigenvalue weighted by atomic mass is 35.5. The van der Waals surface area contributed by atoms with Crippen LogP contribution < -0.4 is 4.74 Å². The maximum atomic E-state index is 11.8. The van der Waals surface area contributed by atoms with E-state index in [1.165, 1.54) is 7.11 Å². The summed E-state index contributed by atoms with van der Waals surface area (Å²) in [5, 5.41) is 0.420. The van der Waals surface area contributed by atoms with Crippen LogP contribution >= 0.6 is 11.6 Å². The van der Waals surface area contributed by atoms with Crippen LogP contribution in [0.4, 0.5) is 0 Å². The molecule has 0 radical (unpaired) electrons. The summed E-state index contributed by atoms with van der Waals surface area (Å²) in [7, 11) is 0.235. The molecule has 0 atom stereocenters. The summed E-state index contributed by atoms with van der Waals surface area (Å²) in [5.74, 6) is 1.09. The van der Waals surface area contributed by atoms with Gasteiger partial charge in [-0.1, -0.05) is 31.2 Å². The molecule has 0 fully saturated rings. The molecule has 2 aromatic heterocycles. The number of hydrogen-bond donors (Lipinski definition) is 0. The Kier molecular flexibility index (Phi) is 8.74. The van der Waals surface area contributed by atoms with Gasteiger partial charge in [-0.15, -0.1) is 0 Å². The molecule has 0 unspecified atom stereocenters. The van der Waals surface area contributed by atoms with Crippen LogP contribution in [0.1, 0.15) is 13.8 Å².